The Morgan fingerprint density at radius 1 is 1.39 bits per heavy atom. The molecule has 120 valence electrons. The van der Waals surface area contributed by atoms with E-state index in [4.69, 9.17) is 16.0 Å². The molecule has 0 unspecified atom stereocenters. The van der Waals surface area contributed by atoms with E-state index in [1.165, 1.54) is 0 Å². The summed E-state index contributed by atoms with van der Waals surface area (Å²) in [5, 5.41) is 0.0779. The van der Waals surface area contributed by atoms with Crippen molar-refractivity contribution in [1.29, 1.82) is 0 Å². The van der Waals surface area contributed by atoms with E-state index in [0.717, 1.165) is 5.69 Å². The van der Waals surface area contributed by atoms with Gasteiger partial charge in [0.2, 0.25) is 0 Å². The topological polar surface area (TPSA) is 51.3 Å². The predicted octanol–water partition coefficient (Wildman–Crippen LogP) is 3.87. The van der Waals surface area contributed by atoms with Crippen molar-refractivity contribution in [2.75, 3.05) is 0 Å². The smallest absolute Gasteiger partial charge is 0.293 e. The van der Waals surface area contributed by atoms with Crippen molar-refractivity contribution in [2.45, 2.75) is 26.4 Å². The van der Waals surface area contributed by atoms with Crippen LogP contribution >= 0.6 is 11.6 Å². The van der Waals surface area contributed by atoms with Crippen LogP contribution in [0, 0.1) is 0 Å². The summed E-state index contributed by atoms with van der Waals surface area (Å²) in [6.07, 6.45) is 1.97. The van der Waals surface area contributed by atoms with Gasteiger partial charge in [-0.05, 0) is 55.8 Å². The Morgan fingerprint density at radius 2 is 2.17 bits per heavy atom. The molecule has 0 bridgehead atoms. The van der Waals surface area contributed by atoms with Gasteiger partial charge in [-0.15, -0.1) is 0 Å². The fourth-order valence-electron chi connectivity index (χ4n) is 2.52. The van der Waals surface area contributed by atoms with Gasteiger partial charge in [-0.1, -0.05) is 0 Å². The van der Waals surface area contributed by atoms with Gasteiger partial charge in [-0.25, -0.2) is 0 Å². The Balaban J connectivity index is 1.91. The number of hydrogen-bond acceptors (Lipinski definition) is 3. The average Bonchev–Trinajstić information content (AvgIpc) is 3.07. The number of fused-ring (bicyclic) bond motifs is 1. The number of nitrogens with zero attached hydrogens (tertiary/aromatic N) is 3. The summed E-state index contributed by atoms with van der Waals surface area (Å²) in [6.45, 7) is 4.57. The highest BCUT2D eigenvalue weighted by atomic mass is 35.5. The Hall–Kier alpha value is -2.27. The fraction of sp³-hybridized carbons (Fsp3) is 0.294. The van der Waals surface area contributed by atoms with Gasteiger partial charge in [-0.2, -0.15) is 4.98 Å². The van der Waals surface area contributed by atoms with Crippen LogP contribution in [0.4, 0.5) is 0 Å². The highest BCUT2D eigenvalue weighted by molar-refractivity contribution is 6.28. The number of oxazole rings is 1. The van der Waals surface area contributed by atoms with Gasteiger partial charge in [0, 0.05) is 30.5 Å². The number of carbonyl (C=O) groups is 1. The monoisotopic (exact) mass is 331 g/mol. The Morgan fingerprint density at radius 3 is 2.83 bits per heavy atom. The third-order valence-corrected chi connectivity index (χ3v) is 4.04. The zero-order chi connectivity index (χ0) is 16.6. The highest BCUT2D eigenvalue weighted by Gasteiger charge is 2.21. The minimum absolute atomic E-state index is 0.0396. The summed E-state index contributed by atoms with van der Waals surface area (Å²) in [4.78, 5) is 18.8. The second-order valence-corrected chi connectivity index (χ2v) is 6.11. The number of aromatic nitrogens is 2. The van der Waals surface area contributed by atoms with Crippen LogP contribution in [0.5, 0.6) is 0 Å². The van der Waals surface area contributed by atoms with Crippen molar-refractivity contribution >= 4 is 28.6 Å². The second-order valence-electron chi connectivity index (χ2n) is 5.79. The number of amides is 1. The summed E-state index contributed by atoms with van der Waals surface area (Å²) in [7, 11) is 1.97. The molecular formula is C17H18ClN3O2. The zero-order valence-electron chi connectivity index (χ0n) is 13.3. The standard InChI is InChI=1S/C17H18ClN3O2/c1-11(2)21(10-13-5-4-8-20(13)3)16(22)12-6-7-15-14(9-12)19-17(18)23-15/h4-9,11H,10H2,1-3H3. The molecule has 3 aromatic rings. The largest absolute Gasteiger partial charge is 0.428 e. The van der Waals surface area contributed by atoms with E-state index in [1.54, 1.807) is 18.2 Å². The first-order chi connectivity index (χ1) is 11.0. The maximum atomic E-state index is 12.9. The molecule has 2 aromatic heterocycles. The lowest BCUT2D eigenvalue weighted by Gasteiger charge is -2.27. The van der Waals surface area contributed by atoms with Gasteiger partial charge in [-0.3, -0.25) is 4.79 Å². The average molecular weight is 332 g/mol. The van der Waals surface area contributed by atoms with Crippen molar-refractivity contribution in [3.05, 3.63) is 53.1 Å². The van der Waals surface area contributed by atoms with E-state index in [1.807, 2.05) is 48.7 Å². The van der Waals surface area contributed by atoms with Crippen molar-refractivity contribution in [2.24, 2.45) is 7.05 Å². The summed E-state index contributed by atoms with van der Waals surface area (Å²) in [5.41, 5.74) is 2.82. The van der Waals surface area contributed by atoms with Crippen LogP contribution in [0.3, 0.4) is 0 Å². The molecule has 0 aliphatic carbocycles. The third kappa shape index (κ3) is 3.10. The van der Waals surface area contributed by atoms with E-state index in [-0.39, 0.29) is 17.3 Å². The molecule has 0 fully saturated rings. The molecule has 1 aromatic carbocycles. The summed E-state index contributed by atoms with van der Waals surface area (Å²) >= 11 is 5.76. The molecule has 1 amide bonds. The quantitative estimate of drug-likeness (QED) is 0.729. The van der Waals surface area contributed by atoms with Crippen molar-refractivity contribution in [1.82, 2.24) is 14.5 Å². The van der Waals surface area contributed by atoms with Crippen LogP contribution in [0.2, 0.25) is 5.35 Å². The lowest BCUT2D eigenvalue weighted by atomic mass is 10.1. The van der Waals surface area contributed by atoms with Gasteiger partial charge in [0.25, 0.3) is 11.3 Å². The van der Waals surface area contributed by atoms with E-state index < -0.39 is 0 Å². The van der Waals surface area contributed by atoms with Gasteiger partial charge in [0.05, 0.1) is 6.54 Å². The molecule has 2 heterocycles. The number of rotatable bonds is 4. The van der Waals surface area contributed by atoms with E-state index in [2.05, 4.69) is 4.98 Å². The van der Waals surface area contributed by atoms with Crippen LogP contribution in [0.25, 0.3) is 11.1 Å². The minimum atomic E-state index is -0.0396. The normalized spacial score (nSPS) is 11.3. The van der Waals surface area contributed by atoms with E-state index >= 15 is 0 Å². The lowest BCUT2D eigenvalue weighted by molar-refractivity contribution is 0.0686. The first-order valence-corrected chi connectivity index (χ1v) is 7.81. The van der Waals surface area contributed by atoms with Crippen molar-refractivity contribution in [3.63, 3.8) is 0 Å². The van der Waals surface area contributed by atoms with Crippen LogP contribution in [0.1, 0.15) is 29.9 Å². The number of carbonyl (C=O) groups excluding carboxylic acids is 1. The van der Waals surface area contributed by atoms with Crippen LogP contribution in [-0.4, -0.2) is 26.4 Å². The van der Waals surface area contributed by atoms with Crippen molar-refractivity contribution < 1.29 is 9.21 Å². The van der Waals surface area contributed by atoms with Crippen LogP contribution < -0.4 is 0 Å². The van der Waals surface area contributed by atoms with E-state index in [0.29, 0.717) is 23.2 Å². The van der Waals surface area contributed by atoms with Crippen LogP contribution in [-0.2, 0) is 13.6 Å². The number of halogens is 1. The fourth-order valence-corrected chi connectivity index (χ4v) is 2.70. The summed E-state index contributed by atoms with van der Waals surface area (Å²) in [5.74, 6) is -0.0396. The number of hydrogen-bond donors (Lipinski definition) is 0. The Kier molecular flexibility index (Phi) is 4.13. The number of benzene rings is 1. The molecule has 6 heteroatoms. The third-order valence-electron chi connectivity index (χ3n) is 3.88. The molecule has 0 saturated carbocycles. The molecule has 0 atom stereocenters. The van der Waals surface area contributed by atoms with Crippen LogP contribution in [0.15, 0.2) is 40.9 Å². The Labute approximate surface area is 139 Å². The molecule has 23 heavy (non-hydrogen) atoms. The molecule has 3 rings (SSSR count). The van der Waals surface area contributed by atoms with E-state index in [9.17, 15) is 4.79 Å². The van der Waals surface area contributed by atoms with Gasteiger partial charge in [0.1, 0.15) is 5.52 Å². The molecule has 0 N–H and O–H groups in total. The van der Waals surface area contributed by atoms with Gasteiger partial charge >= 0.3 is 0 Å². The van der Waals surface area contributed by atoms with Gasteiger partial charge < -0.3 is 13.9 Å². The van der Waals surface area contributed by atoms with Gasteiger partial charge in [0.15, 0.2) is 5.58 Å². The highest BCUT2D eigenvalue weighted by Crippen LogP contribution is 2.22. The summed E-state index contributed by atoms with van der Waals surface area (Å²) < 4.78 is 7.25. The first-order valence-electron chi connectivity index (χ1n) is 7.43. The second kappa shape index (κ2) is 6.08. The maximum absolute atomic E-state index is 12.9. The molecule has 0 saturated heterocycles. The Bertz CT molecular complexity index is 851. The molecular weight excluding hydrogens is 314 g/mol. The SMILES string of the molecule is CC(C)N(Cc1cccn1C)C(=O)c1ccc2oc(Cl)nc2c1. The molecule has 0 radical (unpaired) electrons. The van der Waals surface area contributed by atoms with Crippen molar-refractivity contribution in [3.8, 4) is 0 Å². The molecule has 0 aliphatic heterocycles. The predicted molar refractivity (Wildman–Crippen MR) is 89.4 cm³/mol. The molecule has 5 nitrogen and oxygen atoms in total. The molecule has 0 spiro atoms. The summed E-state index contributed by atoms with van der Waals surface area (Å²) in [6, 6.07) is 9.25. The minimum Gasteiger partial charge on any atom is -0.428 e. The first kappa shape index (κ1) is 15.6. The zero-order valence-corrected chi connectivity index (χ0v) is 14.0. The molecule has 0 aliphatic rings. The maximum Gasteiger partial charge on any atom is 0.293 e. The number of aryl methyl sites for hydroxylation is 1. The lowest BCUT2D eigenvalue weighted by Crippen LogP contribution is -2.36.